The molecule has 0 aliphatic rings. The van der Waals surface area contributed by atoms with Gasteiger partial charge in [0.25, 0.3) is 5.22 Å². The smallest absolute Gasteiger partial charge is 0.277 e. The molecule has 1 atom stereocenters. The quantitative estimate of drug-likeness (QED) is 0.693. The first-order valence-corrected chi connectivity index (χ1v) is 8.43. The highest BCUT2D eigenvalue weighted by Crippen LogP contribution is 2.27. The van der Waals surface area contributed by atoms with E-state index in [1.807, 2.05) is 6.07 Å². The number of hydrogen-bond donors (Lipinski definition) is 1. The lowest BCUT2D eigenvalue weighted by Crippen LogP contribution is -1.99. The molecule has 0 saturated carbocycles. The zero-order valence-corrected chi connectivity index (χ0v) is 14.0. The lowest BCUT2D eigenvalue weighted by molar-refractivity contribution is 0.176. The standard InChI is InChI=1S/C17H15ClN2O2S/c1-11-3-2-4-12(9-11)10-23-17-20-19-16(22-17)15(21)13-5-7-14(18)8-6-13/h2-9,15,21H,10H2,1H3/t15-/m0/s1. The Morgan fingerprint density at radius 3 is 2.70 bits per heavy atom. The average molecular weight is 347 g/mol. The highest BCUT2D eigenvalue weighted by Gasteiger charge is 2.18. The first-order chi connectivity index (χ1) is 11.1. The van der Waals surface area contributed by atoms with Gasteiger partial charge in [0, 0.05) is 10.8 Å². The van der Waals surface area contributed by atoms with Crippen LogP contribution in [0, 0.1) is 6.92 Å². The van der Waals surface area contributed by atoms with Crippen molar-refractivity contribution in [2.24, 2.45) is 0 Å². The van der Waals surface area contributed by atoms with Crippen molar-refractivity contribution in [2.75, 3.05) is 0 Å². The third-order valence-corrected chi connectivity index (χ3v) is 4.43. The molecule has 23 heavy (non-hydrogen) atoms. The molecule has 118 valence electrons. The van der Waals surface area contributed by atoms with Crippen molar-refractivity contribution in [3.8, 4) is 0 Å². The van der Waals surface area contributed by atoms with Gasteiger partial charge >= 0.3 is 0 Å². The first-order valence-electron chi connectivity index (χ1n) is 7.07. The second-order valence-electron chi connectivity index (χ2n) is 5.14. The SMILES string of the molecule is Cc1cccc(CSc2nnc([C@@H](O)c3ccc(Cl)cc3)o2)c1. The van der Waals surface area contributed by atoms with E-state index in [-0.39, 0.29) is 5.89 Å². The van der Waals surface area contributed by atoms with Crippen LogP contribution in [-0.2, 0) is 5.75 Å². The van der Waals surface area contributed by atoms with E-state index in [2.05, 4.69) is 35.3 Å². The number of nitrogens with zero attached hydrogens (tertiary/aromatic N) is 2. The fourth-order valence-corrected chi connectivity index (χ4v) is 2.96. The van der Waals surface area contributed by atoms with Crippen LogP contribution >= 0.6 is 23.4 Å². The number of benzene rings is 2. The van der Waals surface area contributed by atoms with E-state index in [0.717, 1.165) is 5.75 Å². The average Bonchev–Trinajstić information content (AvgIpc) is 3.02. The molecule has 3 aromatic rings. The number of aromatic nitrogens is 2. The minimum absolute atomic E-state index is 0.180. The van der Waals surface area contributed by atoms with Crippen molar-refractivity contribution in [3.63, 3.8) is 0 Å². The van der Waals surface area contributed by atoms with Crippen LogP contribution in [0.15, 0.2) is 58.2 Å². The predicted molar refractivity (Wildman–Crippen MR) is 90.6 cm³/mol. The fraction of sp³-hybridized carbons (Fsp3) is 0.176. The zero-order chi connectivity index (χ0) is 16.2. The van der Waals surface area contributed by atoms with Gasteiger partial charge in [0.1, 0.15) is 0 Å². The number of thioether (sulfide) groups is 1. The van der Waals surface area contributed by atoms with Gasteiger partial charge in [0.2, 0.25) is 5.89 Å². The molecule has 0 bridgehead atoms. The summed E-state index contributed by atoms with van der Waals surface area (Å²) < 4.78 is 5.54. The van der Waals surface area contributed by atoms with Gasteiger partial charge in [0.15, 0.2) is 6.10 Å². The third kappa shape index (κ3) is 4.13. The Balaban J connectivity index is 1.66. The molecule has 0 unspecified atom stereocenters. The Morgan fingerprint density at radius 2 is 1.96 bits per heavy atom. The molecular formula is C17H15ClN2O2S. The van der Waals surface area contributed by atoms with Gasteiger partial charge in [-0.2, -0.15) is 0 Å². The number of aryl methyl sites for hydroxylation is 1. The molecule has 3 rings (SSSR count). The Hall–Kier alpha value is -1.82. The lowest BCUT2D eigenvalue weighted by atomic mass is 10.1. The van der Waals surface area contributed by atoms with E-state index in [9.17, 15) is 5.11 Å². The molecule has 0 fully saturated rings. The summed E-state index contributed by atoms with van der Waals surface area (Å²) in [6.45, 7) is 2.06. The first kappa shape index (κ1) is 16.1. The minimum Gasteiger partial charge on any atom is -0.413 e. The second kappa shape index (κ2) is 7.17. The number of aliphatic hydroxyl groups excluding tert-OH is 1. The topological polar surface area (TPSA) is 59.2 Å². The normalized spacial score (nSPS) is 12.3. The monoisotopic (exact) mass is 346 g/mol. The maximum atomic E-state index is 10.3. The fourth-order valence-electron chi connectivity index (χ4n) is 2.12. The van der Waals surface area contributed by atoms with Crippen molar-refractivity contribution in [1.82, 2.24) is 10.2 Å². The molecule has 1 N–H and O–H groups in total. The molecule has 0 amide bonds. The van der Waals surface area contributed by atoms with Gasteiger partial charge in [-0.3, -0.25) is 0 Å². The summed E-state index contributed by atoms with van der Waals surface area (Å²) in [4.78, 5) is 0. The van der Waals surface area contributed by atoms with Crippen LogP contribution in [0.2, 0.25) is 5.02 Å². The highest BCUT2D eigenvalue weighted by molar-refractivity contribution is 7.98. The molecule has 0 spiro atoms. The summed E-state index contributed by atoms with van der Waals surface area (Å²) >= 11 is 7.29. The molecule has 6 heteroatoms. The summed E-state index contributed by atoms with van der Waals surface area (Å²) in [6, 6.07) is 15.1. The molecule has 4 nitrogen and oxygen atoms in total. The Labute approximate surface area is 143 Å². The van der Waals surface area contributed by atoms with Crippen molar-refractivity contribution in [3.05, 3.63) is 76.1 Å². The minimum atomic E-state index is -0.951. The molecule has 1 heterocycles. The van der Waals surface area contributed by atoms with E-state index < -0.39 is 6.10 Å². The van der Waals surface area contributed by atoms with Gasteiger partial charge in [-0.15, -0.1) is 10.2 Å². The second-order valence-corrected chi connectivity index (χ2v) is 6.50. The van der Waals surface area contributed by atoms with Crippen LogP contribution in [0.5, 0.6) is 0 Å². The van der Waals surface area contributed by atoms with Crippen molar-refractivity contribution < 1.29 is 9.52 Å². The van der Waals surface area contributed by atoms with Crippen LogP contribution in [0.3, 0.4) is 0 Å². The zero-order valence-electron chi connectivity index (χ0n) is 12.4. The van der Waals surface area contributed by atoms with Crippen LogP contribution < -0.4 is 0 Å². The Kier molecular flexibility index (Phi) is 5.00. The van der Waals surface area contributed by atoms with E-state index in [1.54, 1.807) is 24.3 Å². The van der Waals surface area contributed by atoms with Crippen LogP contribution in [-0.4, -0.2) is 15.3 Å². The maximum Gasteiger partial charge on any atom is 0.277 e. The molecule has 0 aliphatic carbocycles. The summed E-state index contributed by atoms with van der Waals surface area (Å²) in [5.74, 6) is 0.916. The van der Waals surface area contributed by atoms with Crippen molar-refractivity contribution in [2.45, 2.75) is 24.0 Å². The molecule has 0 aliphatic heterocycles. The van der Waals surface area contributed by atoms with Crippen molar-refractivity contribution >= 4 is 23.4 Å². The van der Waals surface area contributed by atoms with Crippen LogP contribution in [0.4, 0.5) is 0 Å². The van der Waals surface area contributed by atoms with Gasteiger partial charge in [0.05, 0.1) is 0 Å². The predicted octanol–water partition coefficient (Wildman–Crippen LogP) is 4.41. The van der Waals surface area contributed by atoms with Gasteiger partial charge in [-0.1, -0.05) is 65.3 Å². The number of rotatable bonds is 5. The van der Waals surface area contributed by atoms with Gasteiger partial charge in [-0.05, 0) is 30.2 Å². The summed E-state index contributed by atoms with van der Waals surface area (Å²) in [6.07, 6.45) is -0.951. The molecule has 0 saturated heterocycles. The highest BCUT2D eigenvalue weighted by atomic mass is 35.5. The summed E-state index contributed by atoms with van der Waals surface area (Å²) in [7, 11) is 0. The van der Waals surface area contributed by atoms with Crippen LogP contribution in [0.25, 0.3) is 0 Å². The lowest BCUT2D eigenvalue weighted by Gasteiger charge is -2.05. The largest absolute Gasteiger partial charge is 0.413 e. The van der Waals surface area contributed by atoms with E-state index >= 15 is 0 Å². The summed E-state index contributed by atoms with van der Waals surface area (Å²) in [5, 5.41) is 19.2. The van der Waals surface area contributed by atoms with E-state index in [1.165, 1.54) is 22.9 Å². The van der Waals surface area contributed by atoms with Crippen molar-refractivity contribution in [1.29, 1.82) is 0 Å². The number of halogens is 1. The van der Waals surface area contributed by atoms with E-state index in [0.29, 0.717) is 15.8 Å². The van der Waals surface area contributed by atoms with Gasteiger partial charge < -0.3 is 9.52 Å². The molecule has 0 radical (unpaired) electrons. The molecule has 2 aromatic carbocycles. The summed E-state index contributed by atoms with van der Waals surface area (Å²) in [5.41, 5.74) is 3.06. The Bertz CT molecular complexity index is 789. The molecule has 1 aromatic heterocycles. The van der Waals surface area contributed by atoms with Gasteiger partial charge in [-0.25, -0.2) is 0 Å². The molecular weight excluding hydrogens is 332 g/mol. The maximum absolute atomic E-state index is 10.3. The number of hydrogen-bond acceptors (Lipinski definition) is 5. The van der Waals surface area contributed by atoms with Crippen LogP contribution in [0.1, 0.15) is 28.7 Å². The van der Waals surface area contributed by atoms with E-state index in [4.69, 9.17) is 16.0 Å². The number of aliphatic hydroxyl groups is 1. The Morgan fingerprint density at radius 1 is 1.17 bits per heavy atom. The third-order valence-electron chi connectivity index (χ3n) is 3.29.